The Morgan fingerprint density at radius 3 is 2.52 bits per heavy atom. The normalized spacial score (nSPS) is 17.8. The molecule has 0 aliphatic carbocycles. The van der Waals surface area contributed by atoms with E-state index in [9.17, 15) is 5.11 Å². The lowest BCUT2D eigenvalue weighted by Crippen LogP contribution is -2.46. The summed E-state index contributed by atoms with van der Waals surface area (Å²) in [4.78, 5) is 6.57. The minimum Gasteiger partial charge on any atom is -0.398 e. The van der Waals surface area contributed by atoms with Crippen LogP contribution in [0.25, 0.3) is 0 Å². The molecule has 1 aliphatic heterocycles. The summed E-state index contributed by atoms with van der Waals surface area (Å²) in [7, 11) is 0. The molecule has 0 unspecified atom stereocenters. The summed E-state index contributed by atoms with van der Waals surface area (Å²) >= 11 is 6.33. The lowest BCUT2D eigenvalue weighted by atomic mass is 9.90. The second-order valence-corrected chi connectivity index (χ2v) is 7.69. The predicted octanol–water partition coefficient (Wildman–Crippen LogP) is 3.07. The van der Waals surface area contributed by atoms with Gasteiger partial charge in [-0.2, -0.15) is 0 Å². The molecule has 0 radical (unpaired) electrons. The number of anilines is 1. The van der Waals surface area contributed by atoms with Crippen molar-refractivity contribution in [2.75, 3.05) is 18.8 Å². The van der Waals surface area contributed by atoms with Crippen molar-refractivity contribution < 1.29 is 5.11 Å². The summed E-state index contributed by atoms with van der Waals surface area (Å²) in [5.41, 5.74) is 9.63. The first kappa shape index (κ1) is 18.2. The second kappa shape index (κ2) is 6.98. The van der Waals surface area contributed by atoms with Gasteiger partial charge >= 0.3 is 0 Å². The van der Waals surface area contributed by atoms with Gasteiger partial charge in [0.1, 0.15) is 5.82 Å². The Kier molecular flexibility index (Phi) is 5.09. The highest BCUT2D eigenvalue weighted by molar-refractivity contribution is 6.31. The maximum atomic E-state index is 10.9. The number of nitrogens with zero attached hydrogens (tertiary/aromatic N) is 3. The third-order valence-electron chi connectivity index (χ3n) is 5.54. The number of rotatable bonds is 4. The van der Waals surface area contributed by atoms with Gasteiger partial charge in [0, 0.05) is 42.7 Å². The van der Waals surface area contributed by atoms with E-state index in [1.165, 1.54) is 0 Å². The van der Waals surface area contributed by atoms with Gasteiger partial charge in [-0.15, -0.1) is 0 Å². The number of halogens is 1. The maximum absolute atomic E-state index is 10.9. The van der Waals surface area contributed by atoms with E-state index in [0.717, 1.165) is 65.7 Å². The van der Waals surface area contributed by atoms with Crippen molar-refractivity contribution in [3.8, 4) is 0 Å². The van der Waals surface area contributed by atoms with Gasteiger partial charge in [-0.3, -0.25) is 4.90 Å². The molecular formula is C19H27ClN4O. The first-order chi connectivity index (χ1) is 11.8. The highest BCUT2D eigenvalue weighted by Gasteiger charge is 2.33. The molecule has 1 fully saturated rings. The fourth-order valence-corrected chi connectivity index (χ4v) is 3.78. The molecule has 6 heteroatoms. The number of nitrogens with two attached hydrogens (primary N) is 1. The van der Waals surface area contributed by atoms with Crippen molar-refractivity contribution in [1.82, 2.24) is 14.5 Å². The lowest BCUT2D eigenvalue weighted by Gasteiger charge is -2.38. The van der Waals surface area contributed by atoms with E-state index in [1.54, 1.807) is 6.20 Å². The SMILES string of the molecule is Cc1c(Cl)cc(CN2CCC(O)(Cn3ccnc3C)CC2)c(N)c1C. The summed E-state index contributed by atoms with van der Waals surface area (Å²) in [6, 6.07) is 1.98. The molecule has 3 rings (SSSR count). The van der Waals surface area contributed by atoms with Gasteiger partial charge in [-0.25, -0.2) is 4.98 Å². The highest BCUT2D eigenvalue weighted by atomic mass is 35.5. The minimum absolute atomic E-state index is 0.601. The van der Waals surface area contributed by atoms with Gasteiger partial charge in [-0.1, -0.05) is 11.6 Å². The van der Waals surface area contributed by atoms with Crippen LogP contribution in [-0.2, 0) is 13.1 Å². The van der Waals surface area contributed by atoms with E-state index in [0.29, 0.717) is 6.54 Å². The third-order valence-corrected chi connectivity index (χ3v) is 5.93. The number of piperidine rings is 1. The maximum Gasteiger partial charge on any atom is 0.105 e. The van der Waals surface area contributed by atoms with E-state index >= 15 is 0 Å². The zero-order chi connectivity index (χ0) is 18.2. The molecule has 0 atom stereocenters. The molecule has 3 N–H and O–H groups in total. The number of imidazole rings is 1. The van der Waals surface area contributed by atoms with E-state index < -0.39 is 5.60 Å². The van der Waals surface area contributed by atoms with Crippen LogP contribution in [0, 0.1) is 20.8 Å². The molecule has 136 valence electrons. The van der Waals surface area contributed by atoms with Crippen molar-refractivity contribution in [3.63, 3.8) is 0 Å². The topological polar surface area (TPSA) is 67.3 Å². The molecule has 1 aromatic heterocycles. The van der Waals surface area contributed by atoms with Crippen molar-refractivity contribution >= 4 is 17.3 Å². The van der Waals surface area contributed by atoms with Crippen LogP contribution in [0.15, 0.2) is 18.5 Å². The molecule has 0 spiro atoms. The van der Waals surface area contributed by atoms with Crippen LogP contribution in [0.3, 0.4) is 0 Å². The van der Waals surface area contributed by atoms with E-state index in [-0.39, 0.29) is 0 Å². The second-order valence-electron chi connectivity index (χ2n) is 7.28. The number of benzene rings is 1. The summed E-state index contributed by atoms with van der Waals surface area (Å²) in [5, 5.41) is 11.7. The molecule has 1 aliphatic rings. The fraction of sp³-hybridized carbons (Fsp3) is 0.526. The molecule has 5 nitrogen and oxygen atoms in total. The largest absolute Gasteiger partial charge is 0.398 e. The zero-order valence-electron chi connectivity index (χ0n) is 15.2. The van der Waals surface area contributed by atoms with Crippen LogP contribution in [0.2, 0.25) is 5.02 Å². The number of hydrogen-bond donors (Lipinski definition) is 2. The zero-order valence-corrected chi connectivity index (χ0v) is 16.0. The fourth-order valence-electron chi connectivity index (χ4n) is 3.51. The predicted molar refractivity (Wildman–Crippen MR) is 102 cm³/mol. The van der Waals surface area contributed by atoms with Crippen molar-refractivity contribution in [2.45, 2.75) is 52.3 Å². The lowest BCUT2D eigenvalue weighted by molar-refractivity contribution is -0.0360. The van der Waals surface area contributed by atoms with Crippen LogP contribution in [-0.4, -0.2) is 38.2 Å². The molecular weight excluding hydrogens is 336 g/mol. The van der Waals surface area contributed by atoms with Crippen LogP contribution in [0.1, 0.15) is 35.4 Å². The third kappa shape index (κ3) is 3.84. The van der Waals surface area contributed by atoms with E-state index in [4.69, 9.17) is 17.3 Å². The van der Waals surface area contributed by atoms with Crippen LogP contribution >= 0.6 is 11.6 Å². The number of aryl methyl sites for hydroxylation is 1. The Labute approximate surface area is 154 Å². The Morgan fingerprint density at radius 1 is 1.24 bits per heavy atom. The molecule has 1 aromatic carbocycles. The molecule has 2 aromatic rings. The molecule has 25 heavy (non-hydrogen) atoms. The molecule has 1 saturated heterocycles. The Morgan fingerprint density at radius 2 is 1.92 bits per heavy atom. The summed E-state index contributed by atoms with van der Waals surface area (Å²) in [6.07, 6.45) is 5.18. The Hall–Kier alpha value is -1.56. The van der Waals surface area contributed by atoms with Crippen molar-refractivity contribution in [1.29, 1.82) is 0 Å². The highest BCUT2D eigenvalue weighted by Crippen LogP contribution is 2.31. The van der Waals surface area contributed by atoms with Crippen LogP contribution in [0.5, 0.6) is 0 Å². The molecule has 2 heterocycles. The monoisotopic (exact) mass is 362 g/mol. The quantitative estimate of drug-likeness (QED) is 0.820. The van der Waals surface area contributed by atoms with Gasteiger partial charge in [0.2, 0.25) is 0 Å². The Bertz CT molecular complexity index is 763. The van der Waals surface area contributed by atoms with Gasteiger partial charge in [0.05, 0.1) is 12.1 Å². The van der Waals surface area contributed by atoms with Crippen molar-refractivity contribution in [2.24, 2.45) is 0 Å². The van der Waals surface area contributed by atoms with Gasteiger partial charge in [0.25, 0.3) is 0 Å². The average Bonchev–Trinajstić information content (AvgIpc) is 2.97. The minimum atomic E-state index is -0.672. The first-order valence-corrected chi connectivity index (χ1v) is 9.13. The molecule has 0 saturated carbocycles. The number of hydrogen-bond acceptors (Lipinski definition) is 4. The summed E-state index contributed by atoms with van der Waals surface area (Å²) in [5.74, 6) is 0.938. The molecule has 0 amide bonds. The summed E-state index contributed by atoms with van der Waals surface area (Å²) < 4.78 is 2.02. The number of likely N-dealkylation sites (tertiary alicyclic amines) is 1. The van der Waals surface area contributed by atoms with Gasteiger partial charge in [-0.05, 0) is 56.4 Å². The van der Waals surface area contributed by atoms with Gasteiger partial charge < -0.3 is 15.4 Å². The number of aliphatic hydroxyl groups is 1. The smallest absolute Gasteiger partial charge is 0.105 e. The first-order valence-electron chi connectivity index (χ1n) is 8.75. The van der Waals surface area contributed by atoms with Gasteiger partial charge in [0.15, 0.2) is 0 Å². The standard InChI is InChI=1S/C19H27ClN4O/c1-13-14(2)18(21)16(10-17(13)20)11-23-7-4-19(25,5-8-23)12-24-9-6-22-15(24)3/h6,9-10,25H,4-5,7-8,11-12,21H2,1-3H3. The van der Waals surface area contributed by atoms with Crippen LogP contribution in [0.4, 0.5) is 5.69 Å². The number of nitrogen functional groups attached to an aromatic ring is 1. The summed E-state index contributed by atoms with van der Waals surface area (Å²) in [6.45, 7) is 9.03. The average molecular weight is 363 g/mol. The Balaban J connectivity index is 1.64. The number of aromatic nitrogens is 2. The van der Waals surface area contributed by atoms with E-state index in [2.05, 4.69) is 9.88 Å². The van der Waals surface area contributed by atoms with E-state index in [1.807, 2.05) is 37.6 Å². The van der Waals surface area contributed by atoms with Crippen LogP contribution < -0.4 is 5.73 Å². The molecule has 0 bridgehead atoms. The van der Waals surface area contributed by atoms with Crippen molar-refractivity contribution in [3.05, 3.63) is 46.0 Å².